The van der Waals surface area contributed by atoms with Crippen molar-refractivity contribution in [3.05, 3.63) is 53.0 Å². The normalized spacial score (nSPS) is 15.9. The minimum absolute atomic E-state index is 0.280. The SMILES string of the molecule is CN1C(=O)SC(=Cc2ccnc(N(C)CCc3ccccn3)n2)C1=O. The van der Waals surface area contributed by atoms with Gasteiger partial charge in [0, 0.05) is 45.1 Å². The number of nitrogens with zero attached hydrogens (tertiary/aromatic N) is 5. The molecule has 3 heterocycles. The highest BCUT2D eigenvalue weighted by Crippen LogP contribution is 2.30. The Balaban J connectivity index is 1.71. The van der Waals surface area contributed by atoms with Crippen LogP contribution in [0.1, 0.15) is 11.4 Å². The molecule has 2 aromatic rings. The van der Waals surface area contributed by atoms with E-state index in [2.05, 4.69) is 15.0 Å². The van der Waals surface area contributed by atoms with Crippen LogP contribution in [0.2, 0.25) is 0 Å². The van der Waals surface area contributed by atoms with E-state index in [0.29, 0.717) is 23.1 Å². The molecule has 0 N–H and O–H groups in total. The Kier molecular flexibility index (Phi) is 5.08. The molecule has 2 aromatic heterocycles. The third-order valence-corrected chi connectivity index (χ3v) is 4.66. The number of anilines is 1. The monoisotopic (exact) mass is 355 g/mol. The minimum Gasteiger partial charge on any atom is -0.343 e. The summed E-state index contributed by atoms with van der Waals surface area (Å²) < 4.78 is 0. The largest absolute Gasteiger partial charge is 0.343 e. The fraction of sp³-hybridized carbons (Fsp3) is 0.235. The van der Waals surface area contributed by atoms with Gasteiger partial charge in [-0.1, -0.05) is 6.07 Å². The first-order valence-corrected chi connectivity index (χ1v) is 8.52. The van der Waals surface area contributed by atoms with E-state index < -0.39 is 0 Å². The summed E-state index contributed by atoms with van der Waals surface area (Å²) in [6, 6.07) is 7.53. The first-order valence-electron chi connectivity index (χ1n) is 7.70. The van der Waals surface area contributed by atoms with Crippen molar-refractivity contribution in [2.45, 2.75) is 6.42 Å². The Bertz CT molecular complexity index is 825. The van der Waals surface area contributed by atoms with Crippen LogP contribution in [0.5, 0.6) is 0 Å². The van der Waals surface area contributed by atoms with Gasteiger partial charge in [0.2, 0.25) is 5.95 Å². The van der Waals surface area contributed by atoms with E-state index in [1.807, 2.05) is 30.1 Å². The molecule has 25 heavy (non-hydrogen) atoms. The molecule has 0 aliphatic carbocycles. The van der Waals surface area contributed by atoms with Crippen LogP contribution in [0.15, 0.2) is 41.6 Å². The van der Waals surface area contributed by atoms with Gasteiger partial charge in [0.1, 0.15) is 0 Å². The van der Waals surface area contributed by atoms with Gasteiger partial charge in [-0.2, -0.15) is 0 Å². The van der Waals surface area contributed by atoms with Crippen LogP contribution in [-0.2, 0) is 11.2 Å². The maximum Gasteiger partial charge on any atom is 0.293 e. The first kappa shape index (κ1) is 17.1. The fourth-order valence-electron chi connectivity index (χ4n) is 2.23. The predicted molar refractivity (Wildman–Crippen MR) is 97.0 cm³/mol. The number of amides is 2. The van der Waals surface area contributed by atoms with Crippen molar-refractivity contribution in [1.29, 1.82) is 0 Å². The summed E-state index contributed by atoms with van der Waals surface area (Å²) in [4.78, 5) is 39.9. The smallest absolute Gasteiger partial charge is 0.293 e. The second-order valence-electron chi connectivity index (χ2n) is 5.51. The van der Waals surface area contributed by atoms with Crippen LogP contribution in [0.4, 0.5) is 10.7 Å². The number of carbonyl (C=O) groups excluding carboxylic acids is 2. The van der Waals surface area contributed by atoms with E-state index >= 15 is 0 Å². The van der Waals surface area contributed by atoms with Crippen molar-refractivity contribution in [3.8, 4) is 0 Å². The second kappa shape index (κ2) is 7.43. The molecule has 0 spiro atoms. The van der Waals surface area contributed by atoms with Crippen molar-refractivity contribution < 1.29 is 9.59 Å². The zero-order chi connectivity index (χ0) is 17.8. The Morgan fingerprint density at radius 1 is 1.20 bits per heavy atom. The number of aromatic nitrogens is 3. The van der Waals surface area contributed by atoms with Crippen molar-refractivity contribution in [2.75, 3.05) is 25.5 Å². The van der Waals surface area contributed by atoms with Gasteiger partial charge in [0.05, 0.1) is 10.6 Å². The molecule has 0 unspecified atom stereocenters. The molecule has 1 fully saturated rings. The Morgan fingerprint density at radius 2 is 2.04 bits per heavy atom. The maximum atomic E-state index is 12.0. The van der Waals surface area contributed by atoms with Crippen LogP contribution in [0, 0.1) is 0 Å². The molecular weight excluding hydrogens is 338 g/mol. The molecule has 0 bridgehead atoms. The molecule has 1 saturated heterocycles. The highest BCUT2D eigenvalue weighted by atomic mass is 32.2. The number of carbonyl (C=O) groups is 2. The highest BCUT2D eigenvalue weighted by Gasteiger charge is 2.31. The Hall–Kier alpha value is -2.74. The molecule has 0 saturated carbocycles. The summed E-state index contributed by atoms with van der Waals surface area (Å²) in [6.45, 7) is 0.714. The molecule has 128 valence electrons. The Morgan fingerprint density at radius 3 is 2.72 bits per heavy atom. The molecule has 1 aliphatic heterocycles. The van der Waals surface area contributed by atoms with E-state index in [0.717, 1.165) is 28.8 Å². The number of hydrogen-bond donors (Lipinski definition) is 0. The summed E-state index contributed by atoms with van der Waals surface area (Å²) in [5.74, 6) is 0.249. The number of likely N-dealkylation sites (N-methyl/N-ethyl adjacent to an activating group) is 2. The maximum absolute atomic E-state index is 12.0. The molecule has 2 amide bonds. The van der Waals surface area contributed by atoms with Gasteiger partial charge in [-0.3, -0.25) is 19.5 Å². The molecule has 3 rings (SSSR count). The van der Waals surface area contributed by atoms with Crippen molar-refractivity contribution in [2.24, 2.45) is 0 Å². The van der Waals surface area contributed by atoms with E-state index in [1.54, 1.807) is 24.5 Å². The molecular formula is C17H17N5O2S. The van der Waals surface area contributed by atoms with Crippen LogP contribution in [-0.4, -0.2) is 51.6 Å². The lowest BCUT2D eigenvalue weighted by Crippen LogP contribution is -2.23. The third-order valence-electron chi connectivity index (χ3n) is 3.70. The summed E-state index contributed by atoms with van der Waals surface area (Å²) >= 11 is 0.915. The van der Waals surface area contributed by atoms with Crippen molar-refractivity contribution in [3.63, 3.8) is 0 Å². The number of pyridine rings is 1. The summed E-state index contributed by atoms with van der Waals surface area (Å²) in [5.41, 5.74) is 1.59. The molecule has 0 radical (unpaired) electrons. The highest BCUT2D eigenvalue weighted by molar-refractivity contribution is 8.18. The van der Waals surface area contributed by atoms with E-state index in [9.17, 15) is 9.59 Å². The van der Waals surface area contributed by atoms with E-state index in [-0.39, 0.29) is 11.1 Å². The van der Waals surface area contributed by atoms with Crippen molar-refractivity contribution in [1.82, 2.24) is 19.9 Å². The average molecular weight is 355 g/mol. The summed E-state index contributed by atoms with van der Waals surface area (Å²) in [7, 11) is 3.37. The minimum atomic E-state index is -0.307. The van der Waals surface area contributed by atoms with E-state index in [4.69, 9.17) is 0 Å². The summed E-state index contributed by atoms with van der Waals surface area (Å²) in [5, 5.41) is -0.280. The molecule has 0 aromatic carbocycles. The van der Waals surface area contributed by atoms with Crippen LogP contribution < -0.4 is 4.90 Å². The molecule has 7 nitrogen and oxygen atoms in total. The quantitative estimate of drug-likeness (QED) is 0.761. The van der Waals surface area contributed by atoms with Crippen LogP contribution in [0.3, 0.4) is 0 Å². The van der Waals surface area contributed by atoms with Gasteiger partial charge < -0.3 is 4.90 Å². The van der Waals surface area contributed by atoms with Gasteiger partial charge in [0.15, 0.2) is 0 Å². The van der Waals surface area contributed by atoms with Gasteiger partial charge in [-0.15, -0.1) is 0 Å². The van der Waals surface area contributed by atoms with Crippen LogP contribution in [0.25, 0.3) is 6.08 Å². The number of rotatable bonds is 5. The van der Waals surface area contributed by atoms with Gasteiger partial charge in [-0.25, -0.2) is 9.97 Å². The number of hydrogen-bond acceptors (Lipinski definition) is 7. The molecule has 1 aliphatic rings. The fourth-order valence-corrected chi connectivity index (χ4v) is 3.05. The lowest BCUT2D eigenvalue weighted by Gasteiger charge is -2.16. The van der Waals surface area contributed by atoms with Crippen molar-refractivity contribution >= 4 is 34.9 Å². The zero-order valence-corrected chi connectivity index (χ0v) is 14.7. The lowest BCUT2D eigenvalue weighted by atomic mass is 10.2. The van der Waals surface area contributed by atoms with E-state index in [1.165, 1.54) is 7.05 Å². The van der Waals surface area contributed by atoms with Gasteiger partial charge in [0.25, 0.3) is 11.1 Å². The summed E-state index contributed by atoms with van der Waals surface area (Å²) in [6.07, 6.45) is 5.81. The Labute approximate surface area is 149 Å². The number of thioether (sulfide) groups is 1. The molecule has 8 heteroatoms. The van der Waals surface area contributed by atoms with Gasteiger partial charge >= 0.3 is 0 Å². The average Bonchev–Trinajstić information content (AvgIpc) is 2.87. The second-order valence-corrected chi connectivity index (χ2v) is 6.51. The van der Waals surface area contributed by atoms with Crippen LogP contribution >= 0.6 is 11.8 Å². The lowest BCUT2D eigenvalue weighted by molar-refractivity contribution is -0.121. The zero-order valence-electron chi connectivity index (χ0n) is 13.9. The third kappa shape index (κ3) is 4.03. The topological polar surface area (TPSA) is 79.3 Å². The first-order chi connectivity index (χ1) is 12.0. The molecule has 0 atom stereocenters. The predicted octanol–water partition coefficient (Wildman–Crippen LogP) is 2.22. The number of imide groups is 1. The van der Waals surface area contributed by atoms with Gasteiger partial charge in [-0.05, 0) is 36.0 Å². The standard InChI is InChI=1S/C17H17N5O2S/c1-21(10-7-12-5-3-4-8-18-12)16-19-9-6-13(20-16)11-14-15(23)22(2)17(24)25-14/h3-6,8-9,11H,7,10H2,1-2H3.